The molecule has 4 heterocycles. The van der Waals surface area contributed by atoms with Gasteiger partial charge in [0.15, 0.2) is 12.6 Å². The number of rotatable bonds is 10. The van der Waals surface area contributed by atoms with Crippen LogP contribution in [0.2, 0.25) is 0 Å². The summed E-state index contributed by atoms with van der Waals surface area (Å²) in [6.45, 7) is 19.3. The summed E-state index contributed by atoms with van der Waals surface area (Å²) in [4.78, 5) is 28.5. The van der Waals surface area contributed by atoms with E-state index in [1.165, 1.54) is 6.92 Å². The first-order chi connectivity index (χ1) is 31.4. The van der Waals surface area contributed by atoms with Gasteiger partial charge in [-0.1, -0.05) is 45.1 Å². The van der Waals surface area contributed by atoms with Crippen molar-refractivity contribution >= 4 is 11.9 Å². The molecule has 4 aliphatic carbocycles. The predicted molar refractivity (Wildman–Crippen MR) is 230 cm³/mol. The van der Waals surface area contributed by atoms with Crippen molar-refractivity contribution in [1.29, 1.82) is 0 Å². The van der Waals surface area contributed by atoms with Gasteiger partial charge >= 0.3 is 11.9 Å². The monoisotopic (exact) mass is 954 g/mol. The van der Waals surface area contributed by atoms with Gasteiger partial charge in [0.25, 0.3) is 0 Å². The lowest BCUT2D eigenvalue weighted by molar-refractivity contribution is -0.361. The number of ether oxygens (including phenoxy) is 7. The second-order valence-electron chi connectivity index (χ2n) is 22.1. The molecule has 0 amide bonds. The lowest BCUT2D eigenvalue weighted by atomic mass is 9.33. The minimum Gasteiger partial charge on any atom is -0.462 e. The van der Waals surface area contributed by atoms with Crippen molar-refractivity contribution in [1.82, 2.24) is 0 Å². The summed E-state index contributed by atoms with van der Waals surface area (Å²) in [5.74, 6) is -1.91. The molecule has 19 nitrogen and oxygen atoms in total. The summed E-state index contributed by atoms with van der Waals surface area (Å²) >= 11 is 0. The van der Waals surface area contributed by atoms with Crippen molar-refractivity contribution in [3.8, 4) is 0 Å². The van der Waals surface area contributed by atoms with Crippen molar-refractivity contribution in [3.63, 3.8) is 0 Å². The number of aliphatic hydroxyl groups is 10. The van der Waals surface area contributed by atoms with Gasteiger partial charge in [0.05, 0.1) is 37.3 Å². The summed E-state index contributed by atoms with van der Waals surface area (Å²) in [6, 6.07) is 0. The zero-order valence-electron chi connectivity index (χ0n) is 39.3. The number of esters is 2. The molecule has 67 heavy (non-hydrogen) atoms. The van der Waals surface area contributed by atoms with Crippen molar-refractivity contribution in [3.05, 3.63) is 24.3 Å². The third kappa shape index (κ3) is 7.98. The summed E-state index contributed by atoms with van der Waals surface area (Å²) < 4.78 is 41.0. The van der Waals surface area contributed by atoms with E-state index in [4.69, 9.17) is 33.2 Å². The highest BCUT2D eigenvalue weighted by Crippen LogP contribution is 2.77. The molecule has 0 spiro atoms. The van der Waals surface area contributed by atoms with Crippen LogP contribution in [0.3, 0.4) is 0 Å². The van der Waals surface area contributed by atoms with Gasteiger partial charge in [-0.3, -0.25) is 9.59 Å². The Hall–Kier alpha value is -2.18. The van der Waals surface area contributed by atoms with Gasteiger partial charge in [0.2, 0.25) is 6.29 Å². The Kier molecular flexibility index (Phi) is 14.1. The molecule has 19 heteroatoms. The number of carbonyl (C=O) groups is 2. The summed E-state index contributed by atoms with van der Waals surface area (Å²) in [5, 5.41) is 108. The van der Waals surface area contributed by atoms with Crippen LogP contribution in [0.1, 0.15) is 92.9 Å². The summed E-state index contributed by atoms with van der Waals surface area (Å²) in [7, 11) is 0. The number of aliphatic hydroxyl groups excluding tert-OH is 10. The molecule has 0 unspecified atom stereocenters. The lowest BCUT2D eigenvalue weighted by Crippen LogP contribution is -2.69. The Balaban J connectivity index is 0.998. The first-order valence-corrected chi connectivity index (χ1v) is 24.1. The second kappa shape index (κ2) is 18.5. The maximum absolute atomic E-state index is 15.0. The van der Waals surface area contributed by atoms with E-state index in [1.54, 1.807) is 0 Å². The zero-order chi connectivity index (χ0) is 49.0. The van der Waals surface area contributed by atoms with E-state index >= 15 is 4.79 Å². The van der Waals surface area contributed by atoms with E-state index < -0.39 is 146 Å². The highest BCUT2D eigenvalue weighted by Gasteiger charge is 2.75. The molecule has 0 bridgehead atoms. The van der Waals surface area contributed by atoms with Crippen LogP contribution in [-0.2, 0) is 42.7 Å². The van der Waals surface area contributed by atoms with Crippen LogP contribution in [0.25, 0.3) is 0 Å². The Morgan fingerprint density at radius 2 is 1.37 bits per heavy atom. The molecule has 8 aliphatic rings. The van der Waals surface area contributed by atoms with Crippen LogP contribution in [-0.4, -0.2) is 181 Å². The van der Waals surface area contributed by atoms with Crippen molar-refractivity contribution in [2.75, 3.05) is 13.2 Å². The first-order valence-electron chi connectivity index (χ1n) is 24.1. The molecule has 0 radical (unpaired) electrons. The van der Waals surface area contributed by atoms with Gasteiger partial charge in [0.1, 0.15) is 73.2 Å². The standard InChI is InChI=1S/C48H74O19/c1-19(2)22-9-12-48(14-13-45(6)24(30(22)48)15-25-40-46(45,7)11-10-23(20(3)4)47(40,8)28(50)16-29(51)63-25)44(60)67-43-37(58)34(55)32(53)27(65-43)18-61-41-38(59)35(56)39(26(17-49)64-41)66-42-36(57)33(54)31(52)21(5)62-42/h21-28,30-43,49-50,52-59H,1,3,9-18H2,2,4-8H3/t21-,22-,23-,24+,25+,26+,27+,28+,30+,31-,32+,33+,34-,35+,36+,37+,38+,39+,40-,41+,42-,43-,45+,46+,47+,48-/m0/s1. The molecule has 0 aromatic heterocycles. The maximum atomic E-state index is 15.0. The summed E-state index contributed by atoms with van der Waals surface area (Å²) in [6.07, 6.45) is -22.1. The van der Waals surface area contributed by atoms with Crippen molar-refractivity contribution < 1.29 is 93.8 Å². The molecule has 0 aromatic rings. The molecule has 10 N–H and O–H groups in total. The highest BCUT2D eigenvalue weighted by molar-refractivity contribution is 5.78. The van der Waals surface area contributed by atoms with Gasteiger partial charge in [-0.25, -0.2) is 0 Å². The third-order valence-corrected chi connectivity index (χ3v) is 18.8. The Bertz CT molecular complexity index is 1880. The average Bonchev–Trinajstić information content (AvgIpc) is 3.64. The van der Waals surface area contributed by atoms with E-state index in [1.807, 2.05) is 13.8 Å². The van der Waals surface area contributed by atoms with E-state index in [0.717, 1.165) is 24.0 Å². The normalized spacial score (nSPS) is 54.1. The number of carbonyl (C=O) groups excluding carboxylic acids is 2. The molecular weight excluding hydrogens is 881 g/mol. The van der Waals surface area contributed by atoms with Gasteiger partial charge in [-0.15, -0.1) is 0 Å². The van der Waals surface area contributed by atoms with Gasteiger partial charge in [-0.2, -0.15) is 0 Å². The maximum Gasteiger partial charge on any atom is 0.314 e. The van der Waals surface area contributed by atoms with Gasteiger partial charge in [-0.05, 0) is 100 Å². The van der Waals surface area contributed by atoms with Crippen LogP contribution in [0.15, 0.2) is 24.3 Å². The topological polar surface area (TPSA) is 301 Å². The number of hydrogen-bond donors (Lipinski definition) is 10. The molecule has 8 fully saturated rings. The van der Waals surface area contributed by atoms with E-state index in [-0.39, 0.29) is 41.4 Å². The predicted octanol–water partition coefficient (Wildman–Crippen LogP) is -0.294. The van der Waals surface area contributed by atoms with Crippen molar-refractivity contribution in [2.45, 2.75) is 197 Å². The minimum absolute atomic E-state index is 0.0263. The molecule has 0 aromatic carbocycles. The fourth-order valence-corrected chi connectivity index (χ4v) is 15.0. The SMILES string of the molecule is C=C(C)[C@@H]1CC[C@]2(C(=O)O[C@@H]3O[C@H](CO[C@@H]4O[C@H](CO)[C@@H](O[C@@H]5O[C@@H](C)[C@H](O)[C@@H](O)[C@H]5O)[C@H](O)[C@H]4O)[C@@H](O)[C@H](O)[C@H]3O)CC[C@]3(C)[C@H](C[C@H]4OC(=O)C[C@@H](O)[C@]5(C)[C@@H]4[C@@]3(C)CC[C@H]5C(=C)C)[C@@H]12. The quantitative estimate of drug-likeness (QED) is 0.0994. The Morgan fingerprint density at radius 3 is 2.03 bits per heavy atom. The molecule has 4 aliphatic heterocycles. The van der Waals surface area contributed by atoms with Gasteiger partial charge in [0, 0.05) is 11.3 Å². The van der Waals surface area contributed by atoms with Crippen LogP contribution in [0, 0.1) is 51.2 Å². The molecule has 4 saturated heterocycles. The van der Waals surface area contributed by atoms with Crippen LogP contribution in [0.5, 0.6) is 0 Å². The first kappa shape index (κ1) is 51.2. The Labute approximate surface area is 391 Å². The number of fused-ring (bicyclic) bond motifs is 4. The number of hydrogen-bond acceptors (Lipinski definition) is 19. The molecular formula is C48H74O19. The number of allylic oxidation sites excluding steroid dienone is 2. The molecule has 26 atom stereocenters. The minimum atomic E-state index is -1.89. The molecule has 4 saturated carbocycles. The smallest absolute Gasteiger partial charge is 0.314 e. The average molecular weight is 955 g/mol. The largest absolute Gasteiger partial charge is 0.462 e. The van der Waals surface area contributed by atoms with Gasteiger partial charge < -0.3 is 84.2 Å². The van der Waals surface area contributed by atoms with Crippen LogP contribution >= 0.6 is 0 Å². The fraction of sp³-hybridized carbons (Fsp3) is 0.875. The zero-order valence-corrected chi connectivity index (χ0v) is 39.3. The fourth-order valence-electron chi connectivity index (χ4n) is 15.0. The summed E-state index contributed by atoms with van der Waals surface area (Å²) in [5.41, 5.74) is -0.717. The molecule has 8 rings (SSSR count). The van der Waals surface area contributed by atoms with Crippen LogP contribution in [0.4, 0.5) is 0 Å². The van der Waals surface area contributed by atoms with E-state index in [0.29, 0.717) is 32.1 Å². The van der Waals surface area contributed by atoms with E-state index in [2.05, 4.69) is 33.9 Å². The van der Waals surface area contributed by atoms with E-state index in [9.17, 15) is 55.9 Å². The van der Waals surface area contributed by atoms with Crippen molar-refractivity contribution in [2.24, 2.45) is 51.2 Å². The lowest BCUT2D eigenvalue weighted by Gasteiger charge is -2.71. The third-order valence-electron chi connectivity index (χ3n) is 18.8. The Morgan fingerprint density at radius 1 is 0.731 bits per heavy atom. The van der Waals surface area contributed by atoms with Crippen LogP contribution < -0.4 is 0 Å². The highest BCUT2D eigenvalue weighted by atomic mass is 16.8. The second-order valence-corrected chi connectivity index (χ2v) is 22.1. The molecule has 380 valence electrons.